The minimum absolute atomic E-state index is 0. The molecule has 0 amide bonds. The summed E-state index contributed by atoms with van der Waals surface area (Å²) in [6, 6.07) is 19.7. The second kappa shape index (κ2) is 9.46. The molecule has 3 heteroatoms. The van der Waals surface area contributed by atoms with Gasteiger partial charge >= 0.3 is 0 Å². The van der Waals surface area contributed by atoms with Crippen LogP contribution in [0.3, 0.4) is 0 Å². The fourth-order valence-corrected chi connectivity index (χ4v) is 3.00. The van der Waals surface area contributed by atoms with Gasteiger partial charge in [0.1, 0.15) is 0 Å². The Morgan fingerprint density at radius 1 is 1.00 bits per heavy atom. The normalized spacial score (nSPS) is 17.8. The first-order chi connectivity index (χ1) is 11.8. The van der Waals surface area contributed by atoms with E-state index in [1.165, 1.54) is 16.8 Å². The maximum atomic E-state index is 4.42. The van der Waals surface area contributed by atoms with Crippen LogP contribution in [0.4, 0.5) is 5.69 Å². The zero-order valence-corrected chi connectivity index (χ0v) is 16.2. The van der Waals surface area contributed by atoms with Crippen LogP contribution in [-0.4, -0.2) is 18.8 Å². The Morgan fingerprint density at radius 2 is 1.72 bits per heavy atom. The van der Waals surface area contributed by atoms with E-state index in [2.05, 4.69) is 95.7 Å². The van der Waals surface area contributed by atoms with Crippen molar-refractivity contribution in [3.63, 3.8) is 0 Å². The quantitative estimate of drug-likeness (QED) is 0.746. The van der Waals surface area contributed by atoms with Crippen molar-refractivity contribution in [2.75, 3.05) is 11.9 Å². The van der Waals surface area contributed by atoms with Gasteiger partial charge < -0.3 is 4.90 Å². The summed E-state index contributed by atoms with van der Waals surface area (Å²) in [5, 5.41) is 0. The number of benzene rings is 2. The summed E-state index contributed by atoms with van der Waals surface area (Å²) in [5.74, 6) is 0. The number of anilines is 1. The van der Waals surface area contributed by atoms with Crippen molar-refractivity contribution in [1.82, 2.24) is 0 Å². The second-order valence-corrected chi connectivity index (χ2v) is 6.18. The molecule has 0 aliphatic heterocycles. The third-order valence-electron chi connectivity index (χ3n) is 4.40. The molecule has 127 valence electrons. The molecule has 25 heavy (non-hydrogen) atoms. The van der Waals surface area contributed by atoms with Crippen molar-refractivity contribution in [3.8, 4) is 0 Å². The van der Waals surface area contributed by atoms with Crippen LogP contribution < -0.4 is 4.90 Å². The second-order valence-electron chi connectivity index (χ2n) is 6.18. The van der Waals surface area contributed by atoms with Crippen molar-refractivity contribution in [1.29, 1.82) is 0 Å². The summed E-state index contributed by atoms with van der Waals surface area (Å²) in [6.07, 6.45) is 9.51. The van der Waals surface area contributed by atoms with E-state index < -0.39 is 0 Å². The van der Waals surface area contributed by atoms with Crippen LogP contribution in [0.5, 0.6) is 0 Å². The molecule has 1 aliphatic rings. The Balaban J connectivity index is 0.00000225. The average molecular weight is 367 g/mol. The molecule has 1 radical (unpaired) electrons. The van der Waals surface area contributed by atoms with E-state index in [9.17, 15) is 0 Å². The molecule has 0 fully saturated rings. The van der Waals surface area contributed by atoms with Crippen LogP contribution in [0.2, 0.25) is 0 Å². The van der Waals surface area contributed by atoms with Crippen molar-refractivity contribution in [2.45, 2.75) is 25.9 Å². The Kier molecular flexibility index (Phi) is 7.30. The number of aliphatic imine (C=N–C) groups is 1. The Labute approximate surface area is 162 Å². The summed E-state index contributed by atoms with van der Waals surface area (Å²) < 4.78 is 0. The third kappa shape index (κ3) is 5.22. The van der Waals surface area contributed by atoms with Crippen molar-refractivity contribution in [2.24, 2.45) is 4.99 Å². The first-order valence-electron chi connectivity index (χ1n) is 8.44. The van der Waals surface area contributed by atoms with E-state index in [0.29, 0.717) is 6.04 Å². The molecule has 1 aliphatic carbocycles. The van der Waals surface area contributed by atoms with Gasteiger partial charge in [-0.1, -0.05) is 66.3 Å². The standard InChI is InChI=1S/C22H24N2.V/c1-18-12-14-19(15-13-18)17-24(21-9-4-3-5-10-21)22-11-7-6-8-20(16-22)23-2;/h3-15,22H,16-17H2,1-2H3;. The third-order valence-corrected chi connectivity index (χ3v) is 4.40. The molecule has 0 saturated carbocycles. The number of hydrogen-bond donors (Lipinski definition) is 0. The predicted molar refractivity (Wildman–Crippen MR) is 104 cm³/mol. The van der Waals surface area contributed by atoms with Crippen LogP contribution in [0.15, 0.2) is 83.9 Å². The first-order valence-corrected chi connectivity index (χ1v) is 8.44. The molecule has 0 bridgehead atoms. The zero-order chi connectivity index (χ0) is 16.8. The van der Waals surface area contributed by atoms with Gasteiger partial charge in [0.25, 0.3) is 0 Å². The Hall–Kier alpha value is -2.03. The van der Waals surface area contributed by atoms with Crippen molar-refractivity contribution in [3.05, 3.63) is 90.0 Å². The Morgan fingerprint density at radius 3 is 2.40 bits per heavy atom. The fourth-order valence-electron chi connectivity index (χ4n) is 3.00. The van der Waals surface area contributed by atoms with Gasteiger partial charge in [0, 0.05) is 50.0 Å². The molecule has 0 spiro atoms. The SMILES string of the molecule is CN=C1C=CC=CC(N(Cc2ccc(C)cc2)c2ccccc2)C1.[V]. The summed E-state index contributed by atoms with van der Waals surface area (Å²) >= 11 is 0. The summed E-state index contributed by atoms with van der Waals surface area (Å²) in [7, 11) is 1.87. The number of para-hydroxylation sites is 1. The molecule has 3 rings (SSSR count). The molecule has 0 aromatic heterocycles. The number of aryl methyl sites for hydroxylation is 1. The molecule has 1 atom stereocenters. The van der Waals surface area contributed by atoms with Crippen LogP contribution >= 0.6 is 0 Å². The number of nitrogens with zero attached hydrogens (tertiary/aromatic N) is 2. The molecule has 0 N–H and O–H groups in total. The van der Waals surface area contributed by atoms with Gasteiger partial charge in [0.2, 0.25) is 0 Å². The first kappa shape index (κ1) is 19.3. The maximum Gasteiger partial charge on any atom is 0.0535 e. The molecular weight excluding hydrogens is 343 g/mol. The van der Waals surface area contributed by atoms with Gasteiger partial charge in [0.05, 0.1) is 6.04 Å². The minimum Gasteiger partial charge on any atom is -0.360 e. The van der Waals surface area contributed by atoms with Gasteiger partial charge in [-0.05, 0) is 30.7 Å². The van der Waals surface area contributed by atoms with Crippen molar-refractivity contribution >= 4 is 11.4 Å². The van der Waals surface area contributed by atoms with Gasteiger partial charge in [-0.15, -0.1) is 0 Å². The number of allylic oxidation sites excluding steroid dienone is 3. The molecule has 0 saturated heterocycles. The number of rotatable bonds is 4. The molecular formula is C22H24N2V. The van der Waals surface area contributed by atoms with Gasteiger partial charge in [-0.25, -0.2) is 0 Å². The minimum atomic E-state index is 0. The summed E-state index contributed by atoms with van der Waals surface area (Å²) in [4.78, 5) is 6.87. The van der Waals surface area contributed by atoms with Crippen LogP contribution in [0.25, 0.3) is 0 Å². The van der Waals surface area contributed by atoms with E-state index in [1.807, 2.05) is 7.05 Å². The molecule has 1 unspecified atom stereocenters. The fraction of sp³-hybridized carbons (Fsp3) is 0.227. The van der Waals surface area contributed by atoms with Crippen LogP contribution in [-0.2, 0) is 25.1 Å². The van der Waals surface area contributed by atoms with E-state index >= 15 is 0 Å². The predicted octanol–water partition coefficient (Wildman–Crippen LogP) is 4.95. The smallest absolute Gasteiger partial charge is 0.0535 e. The van der Waals surface area contributed by atoms with E-state index in [-0.39, 0.29) is 18.6 Å². The van der Waals surface area contributed by atoms with E-state index in [4.69, 9.17) is 0 Å². The average Bonchev–Trinajstić information content (AvgIpc) is 2.87. The Bertz CT molecular complexity index is 745. The van der Waals surface area contributed by atoms with Gasteiger partial charge in [0.15, 0.2) is 0 Å². The van der Waals surface area contributed by atoms with Crippen LogP contribution in [0, 0.1) is 6.92 Å². The molecule has 2 aromatic rings. The topological polar surface area (TPSA) is 15.6 Å². The van der Waals surface area contributed by atoms with Gasteiger partial charge in [-0.3, -0.25) is 4.99 Å². The summed E-state index contributed by atoms with van der Waals surface area (Å²) in [6.45, 7) is 3.01. The van der Waals surface area contributed by atoms with Crippen LogP contribution in [0.1, 0.15) is 17.5 Å². The molecule has 0 heterocycles. The zero-order valence-electron chi connectivity index (χ0n) is 14.8. The molecule has 2 nitrogen and oxygen atoms in total. The summed E-state index contributed by atoms with van der Waals surface area (Å²) in [5.41, 5.74) is 4.99. The van der Waals surface area contributed by atoms with E-state index in [0.717, 1.165) is 18.7 Å². The van der Waals surface area contributed by atoms with Crippen molar-refractivity contribution < 1.29 is 18.6 Å². The largest absolute Gasteiger partial charge is 0.360 e. The monoisotopic (exact) mass is 367 g/mol. The number of hydrogen-bond acceptors (Lipinski definition) is 2. The van der Waals surface area contributed by atoms with E-state index in [1.54, 1.807) is 0 Å². The van der Waals surface area contributed by atoms with Gasteiger partial charge in [-0.2, -0.15) is 0 Å². The maximum absolute atomic E-state index is 4.42. The molecule has 2 aromatic carbocycles.